The molecule has 0 saturated carbocycles. The molecule has 1 radical (unpaired) electrons. The van der Waals surface area contributed by atoms with Gasteiger partial charge in [0, 0.05) is 0 Å². The normalized spacial score (nSPS) is 20.3. The van der Waals surface area contributed by atoms with E-state index in [1.807, 2.05) is 48.5 Å². The minimum Gasteiger partial charge on any atom is -0.485 e. The Morgan fingerprint density at radius 3 is 2.00 bits per heavy atom. The van der Waals surface area contributed by atoms with Crippen LogP contribution in [0.5, 0.6) is 23.0 Å². The molecule has 0 saturated heterocycles. The first kappa shape index (κ1) is 10.6. The van der Waals surface area contributed by atoms with Crippen molar-refractivity contribution in [3.05, 3.63) is 54.8 Å². The van der Waals surface area contributed by atoms with E-state index in [9.17, 15) is 0 Å². The fraction of sp³-hybridized carbons (Fsp3) is 0.133. The maximum atomic E-state index is 5.84. The third-order valence-electron chi connectivity index (χ3n) is 3.04. The van der Waals surface area contributed by atoms with Crippen LogP contribution in [0.15, 0.2) is 48.5 Å². The van der Waals surface area contributed by atoms with Gasteiger partial charge in [-0.2, -0.15) is 0 Å². The second kappa shape index (κ2) is 4.09. The molecule has 2 aromatic carbocycles. The number of fused-ring (bicyclic) bond motifs is 2. The number of hydrogen-bond acceptors (Lipinski definition) is 4. The Morgan fingerprint density at radius 1 is 0.737 bits per heavy atom. The zero-order valence-corrected chi connectivity index (χ0v) is 10.0. The lowest BCUT2D eigenvalue weighted by Gasteiger charge is -2.27. The van der Waals surface area contributed by atoms with Gasteiger partial charge in [0.1, 0.15) is 6.61 Å². The Morgan fingerprint density at radius 2 is 1.32 bits per heavy atom. The first-order chi connectivity index (χ1) is 9.40. The van der Waals surface area contributed by atoms with Crippen LogP contribution in [0, 0.1) is 6.29 Å². The van der Waals surface area contributed by atoms with Gasteiger partial charge in [0.2, 0.25) is 6.10 Å². The average Bonchev–Trinajstić information content (AvgIpc) is 2.90. The lowest BCUT2D eigenvalue weighted by molar-refractivity contribution is 0.00400. The minimum atomic E-state index is -0.359. The van der Waals surface area contributed by atoms with E-state index in [1.165, 1.54) is 0 Å². The van der Waals surface area contributed by atoms with Gasteiger partial charge < -0.3 is 18.9 Å². The third-order valence-corrected chi connectivity index (χ3v) is 3.04. The largest absolute Gasteiger partial charge is 0.485 e. The van der Waals surface area contributed by atoms with E-state index in [-0.39, 0.29) is 6.10 Å². The van der Waals surface area contributed by atoms with Gasteiger partial charge >= 0.3 is 6.29 Å². The van der Waals surface area contributed by atoms with Gasteiger partial charge in [0.05, 0.1) is 0 Å². The summed E-state index contributed by atoms with van der Waals surface area (Å²) in [5, 5.41) is 0. The van der Waals surface area contributed by atoms with E-state index in [0.717, 1.165) is 5.75 Å². The highest BCUT2D eigenvalue weighted by Crippen LogP contribution is 2.41. The molecule has 19 heavy (non-hydrogen) atoms. The summed E-state index contributed by atoms with van der Waals surface area (Å²) in [6.45, 7) is 0.375. The lowest BCUT2D eigenvalue weighted by atomic mass is 10.2. The molecule has 0 aromatic heterocycles. The van der Waals surface area contributed by atoms with Crippen molar-refractivity contribution in [3.63, 3.8) is 0 Å². The zero-order valence-electron chi connectivity index (χ0n) is 10.0. The molecule has 0 aliphatic carbocycles. The molecule has 2 heterocycles. The molecule has 95 valence electrons. The number of para-hydroxylation sites is 4. The predicted molar refractivity (Wildman–Crippen MR) is 67.3 cm³/mol. The fourth-order valence-corrected chi connectivity index (χ4v) is 2.12. The van der Waals surface area contributed by atoms with Crippen LogP contribution in [-0.2, 0) is 0 Å². The SMILES string of the molecule is c1ccc2c(c1)OCC([C]1Oc3ccccc3O1)O2. The Hall–Kier alpha value is -2.36. The van der Waals surface area contributed by atoms with E-state index in [0.29, 0.717) is 30.1 Å². The number of ether oxygens (including phenoxy) is 4. The topological polar surface area (TPSA) is 36.9 Å². The van der Waals surface area contributed by atoms with Gasteiger partial charge in [-0.25, -0.2) is 0 Å². The Bertz CT molecular complexity index is 586. The average molecular weight is 255 g/mol. The van der Waals surface area contributed by atoms with Crippen LogP contribution in [0.3, 0.4) is 0 Å². The highest BCUT2D eigenvalue weighted by molar-refractivity contribution is 5.45. The Balaban J connectivity index is 1.54. The van der Waals surface area contributed by atoms with Crippen molar-refractivity contribution in [1.82, 2.24) is 0 Å². The van der Waals surface area contributed by atoms with Crippen molar-refractivity contribution >= 4 is 0 Å². The van der Waals surface area contributed by atoms with Crippen LogP contribution in [0.1, 0.15) is 0 Å². The predicted octanol–water partition coefficient (Wildman–Crippen LogP) is 2.79. The molecule has 2 aliphatic heterocycles. The molecule has 4 nitrogen and oxygen atoms in total. The second-order valence-electron chi connectivity index (χ2n) is 4.33. The van der Waals surface area contributed by atoms with Gasteiger partial charge in [-0.05, 0) is 24.3 Å². The summed E-state index contributed by atoms with van der Waals surface area (Å²) in [6.07, 6.45) is 0.0676. The van der Waals surface area contributed by atoms with Gasteiger partial charge in [-0.3, -0.25) is 0 Å². The van der Waals surface area contributed by atoms with Crippen LogP contribution in [0.25, 0.3) is 0 Å². The van der Waals surface area contributed by atoms with Crippen LogP contribution < -0.4 is 18.9 Å². The number of hydrogen-bond donors (Lipinski definition) is 0. The van der Waals surface area contributed by atoms with Crippen LogP contribution in [0.2, 0.25) is 0 Å². The first-order valence-corrected chi connectivity index (χ1v) is 6.10. The Kier molecular flexibility index (Phi) is 2.27. The van der Waals surface area contributed by atoms with Crippen molar-refractivity contribution in [1.29, 1.82) is 0 Å². The minimum absolute atomic E-state index is 0.359. The van der Waals surface area contributed by atoms with Crippen molar-refractivity contribution in [2.24, 2.45) is 0 Å². The highest BCUT2D eigenvalue weighted by atomic mass is 16.7. The lowest BCUT2D eigenvalue weighted by Crippen LogP contribution is -2.38. The van der Waals surface area contributed by atoms with Gasteiger partial charge in [-0.1, -0.05) is 24.3 Å². The van der Waals surface area contributed by atoms with Gasteiger partial charge in [0.15, 0.2) is 23.0 Å². The Labute approximate surface area is 110 Å². The van der Waals surface area contributed by atoms with E-state index in [4.69, 9.17) is 18.9 Å². The summed E-state index contributed by atoms with van der Waals surface area (Å²) < 4.78 is 22.8. The summed E-state index contributed by atoms with van der Waals surface area (Å²) in [5.74, 6) is 2.86. The standard InChI is InChI=1S/C15H11O4/c1-2-6-11-10(5-1)16-9-14(17-11)15-18-12-7-3-4-8-13(12)19-15/h1-8,14H,9H2. The van der Waals surface area contributed by atoms with E-state index in [2.05, 4.69) is 0 Å². The van der Waals surface area contributed by atoms with E-state index >= 15 is 0 Å². The fourth-order valence-electron chi connectivity index (χ4n) is 2.12. The molecule has 0 amide bonds. The number of benzene rings is 2. The summed E-state index contributed by atoms with van der Waals surface area (Å²) >= 11 is 0. The highest BCUT2D eigenvalue weighted by Gasteiger charge is 2.39. The quantitative estimate of drug-likeness (QED) is 0.785. The van der Waals surface area contributed by atoms with Gasteiger partial charge in [0.25, 0.3) is 0 Å². The summed E-state index contributed by atoms with van der Waals surface area (Å²) in [7, 11) is 0. The molecule has 0 bridgehead atoms. The van der Waals surface area contributed by atoms with Crippen molar-refractivity contribution < 1.29 is 18.9 Å². The van der Waals surface area contributed by atoms with Crippen LogP contribution >= 0.6 is 0 Å². The molecule has 0 spiro atoms. The van der Waals surface area contributed by atoms with Crippen molar-refractivity contribution in [3.8, 4) is 23.0 Å². The zero-order chi connectivity index (χ0) is 12.7. The van der Waals surface area contributed by atoms with Crippen LogP contribution in [-0.4, -0.2) is 12.7 Å². The molecular weight excluding hydrogens is 244 g/mol. The molecule has 4 rings (SSSR count). The maximum Gasteiger partial charge on any atom is 0.376 e. The molecule has 2 aromatic rings. The molecule has 2 aliphatic rings. The third kappa shape index (κ3) is 1.76. The summed E-state index contributed by atoms with van der Waals surface area (Å²) in [4.78, 5) is 0. The van der Waals surface area contributed by atoms with E-state index < -0.39 is 0 Å². The van der Waals surface area contributed by atoms with Gasteiger partial charge in [-0.15, -0.1) is 0 Å². The number of rotatable bonds is 1. The van der Waals surface area contributed by atoms with Crippen molar-refractivity contribution in [2.45, 2.75) is 6.10 Å². The second-order valence-corrected chi connectivity index (χ2v) is 4.33. The molecule has 0 N–H and O–H groups in total. The molecule has 0 fully saturated rings. The summed E-state index contributed by atoms with van der Waals surface area (Å²) in [5.41, 5.74) is 0. The molecule has 4 heteroatoms. The first-order valence-electron chi connectivity index (χ1n) is 6.10. The molecule has 1 atom stereocenters. The summed E-state index contributed by atoms with van der Waals surface area (Å²) in [6, 6.07) is 15.1. The smallest absolute Gasteiger partial charge is 0.376 e. The maximum absolute atomic E-state index is 5.84. The monoisotopic (exact) mass is 255 g/mol. The van der Waals surface area contributed by atoms with Crippen LogP contribution in [0.4, 0.5) is 0 Å². The molecule has 1 unspecified atom stereocenters. The van der Waals surface area contributed by atoms with E-state index in [1.54, 1.807) is 0 Å². The molecular formula is C15H11O4. The van der Waals surface area contributed by atoms with Crippen molar-refractivity contribution in [2.75, 3.05) is 6.61 Å².